The molecular weight excluding hydrogens is 407 g/mol. The van der Waals surface area contributed by atoms with Crippen LogP contribution < -0.4 is 5.73 Å². The number of aromatic hydroxyl groups is 1. The highest BCUT2D eigenvalue weighted by Crippen LogP contribution is 2.35. The molecular formula is C24H29FN6O. The van der Waals surface area contributed by atoms with Crippen LogP contribution in [0.15, 0.2) is 36.5 Å². The number of likely N-dealkylation sites (tertiary alicyclic amines) is 1. The summed E-state index contributed by atoms with van der Waals surface area (Å²) in [7, 11) is 0. The van der Waals surface area contributed by atoms with Crippen molar-refractivity contribution in [1.82, 2.24) is 24.9 Å². The molecule has 0 bridgehead atoms. The molecule has 1 saturated heterocycles. The number of hydrogen-bond donors (Lipinski definition) is 2. The summed E-state index contributed by atoms with van der Waals surface area (Å²) in [5, 5.41) is 22.6. The first-order valence-corrected chi connectivity index (χ1v) is 11.5. The molecule has 0 radical (unpaired) electrons. The highest BCUT2D eigenvalue weighted by Gasteiger charge is 2.29. The van der Waals surface area contributed by atoms with E-state index in [1.54, 1.807) is 30.3 Å². The van der Waals surface area contributed by atoms with Crippen molar-refractivity contribution in [2.24, 2.45) is 0 Å². The third-order valence-corrected chi connectivity index (χ3v) is 6.96. The third-order valence-electron chi connectivity index (χ3n) is 6.96. The summed E-state index contributed by atoms with van der Waals surface area (Å²) in [6, 6.07) is 9.23. The van der Waals surface area contributed by atoms with Crippen molar-refractivity contribution >= 4 is 5.82 Å². The number of anilines is 1. The summed E-state index contributed by atoms with van der Waals surface area (Å²) in [5.41, 5.74) is 7.74. The predicted molar refractivity (Wildman–Crippen MR) is 121 cm³/mol. The van der Waals surface area contributed by atoms with E-state index < -0.39 is 5.95 Å². The van der Waals surface area contributed by atoms with Gasteiger partial charge in [-0.2, -0.15) is 9.49 Å². The van der Waals surface area contributed by atoms with E-state index in [0.717, 1.165) is 25.9 Å². The molecule has 3 heterocycles. The van der Waals surface area contributed by atoms with Crippen molar-refractivity contribution < 1.29 is 9.50 Å². The van der Waals surface area contributed by atoms with Crippen molar-refractivity contribution in [3.05, 3.63) is 42.5 Å². The zero-order valence-corrected chi connectivity index (χ0v) is 18.1. The topological polar surface area (TPSA) is 93.1 Å². The quantitative estimate of drug-likeness (QED) is 0.630. The minimum atomic E-state index is -0.399. The Morgan fingerprint density at radius 2 is 1.66 bits per heavy atom. The number of piperidine rings is 1. The highest BCUT2D eigenvalue weighted by molar-refractivity contribution is 5.78. The number of nitrogens with two attached hydrogens (primary N) is 1. The summed E-state index contributed by atoms with van der Waals surface area (Å²) in [5.74, 6) is -0.183. The number of para-hydroxylation sites is 1. The number of nitrogens with zero attached hydrogens (tertiary/aromatic N) is 5. The van der Waals surface area contributed by atoms with Gasteiger partial charge >= 0.3 is 0 Å². The maximum atomic E-state index is 15.5. The largest absolute Gasteiger partial charge is 0.507 e. The standard InChI is InChI=1S/C24H29FN6O/c25-23-20(19-14-21(28-29-24(19)26)18-8-4-5-9-22(18)32)15-27-31(23)17-10-12-30(13-11-17)16-6-2-1-3-7-16/h4-5,8-9,14-17,32H,1-3,6-7,10-13H2,(H2,26,29). The lowest BCUT2D eigenvalue weighted by Crippen LogP contribution is -2.43. The van der Waals surface area contributed by atoms with Crippen LogP contribution in [0.2, 0.25) is 0 Å². The van der Waals surface area contributed by atoms with Gasteiger partial charge in [0.15, 0.2) is 5.82 Å². The lowest BCUT2D eigenvalue weighted by molar-refractivity contribution is 0.102. The first kappa shape index (κ1) is 20.9. The number of benzene rings is 1. The molecule has 1 saturated carbocycles. The smallest absolute Gasteiger partial charge is 0.219 e. The van der Waals surface area contributed by atoms with Gasteiger partial charge in [-0.1, -0.05) is 31.4 Å². The molecule has 2 aromatic heterocycles. The summed E-state index contributed by atoms with van der Waals surface area (Å²) in [4.78, 5) is 2.58. The molecule has 0 spiro atoms. The minimum absolute atomic E-state index is 0.0391. The summed E-state index contributed by atoms with van der Waals surface area (Å²) in [6.45, 7) is 1.97. The Morgan fingerprint density at radius 1 is 0.906 bits per heavy atom. The normalized spacial score (nSPS) is 18.8. The number of phenolic OH excluding ortho intramolecular Hbond substituents is 1. The molecule has 3 aromatic rings. The average molecular weight is 437 g/mol. The van der Waals surface area contributed by atoms with Crippen LogP contribution in [0.5, 0.6) is 5.75 Å². The van der Waals surface area contributed by atoms with Crippen molar-refractivity contribution in [1.29, 1.82) is 0 Å². The van der Waals surface area contributed by atoms with E-state index in [9.17, 15) is 5.11 Å². The van der Waals surface area contributed by atoms with Gasteiger partial charge in [-0.3, -0.25) is 0 Å². The Hall–Kier alpha value is -3.00. The highest BCUT2D eigenvalue weighted by atomic mass is 19.1. The van der Waals surface area contributed by atoms with Crippen LogP contribution in [-0.4, -0.2) is 49.1 Å². The zero-order valence-electron chi connectivity index (χ0n) is 18.1. The summed E-state index contributed by atoms with van der Waals surface area (Å²) >= 11 is 0. The van der Waals surface area contributed by atoms with E-state index in [-0.39, 0.29) is 17.6 Å². The second-order valence-electron chi connectivity index (χ2n) is 8.90. The summed E-state index contributed by atoms with van der Waals surface area (Å²) in [6.07, 6.45) is 9.88. The first-order valence-electron chi connectivity index (χ1n) is 11.5. The molecule has 32 heavy (non-hydrogen) atoms. The predicted octanol–water partition coefficient (Wildman–Crippen LogP) is 4.40. The molecule has 2 fully saturated rings. The number of aromatic nitrogens is 4. The van der Waals surface area contributed by atoms with Gasteiger partial charge in [0.25, 0.3) is 0 Å². The van der Waals surface area contributed by atoms with Gasteiger partial charge in [0.2, 0.25) is 5.95 Å². The van der Waals surface area contributed by atoms with Crippen LogP contribution in [0.25, 0.3) is 22.4 Å². The van der Waals surface area contributed by atoms with Crippen molar-refractivity contribution in [2.45, 2.75) is 57.0 Å². The first-order chi connectivity index (χ1) is 15.6. The SMILES string of the molecule is Nc1nnc(-c2ccccc2O)cc1-c1cnn(C2CCN(C3CCCCC3)CC2)c1F. The van der Waals surface area contributed by atoms with Gasteiger partial charge in [0.05, 0.1) is 23.5 Å². The number of hydrogen-bond acceptors (Lipinski definition) is 6. The Kier molecular flexibility index (Phi) is 5.78. The Morgan fingerprint density at radius 3 is 2.41 bits per heavy atom. The molecule has 0 atom stereocenters. The fraction of sp³-hybridized carbons (Fsp3) is 0.458. The molecule has 0 unspecified atom stereocenters. The average Bonchev–Trinajstić information content (AvgIpc) is 3.21. The number of halogens is 1. The van der Waals surface area contributed by atoms with Gasteiger partial charge in [-0.05, 0) is 43.9 Å². The van der Waals surface area contributed by atoms with Gasteiger partial charge in [0, 0.05) is 30.3 Å². The molecule has 7 nitrogen and oxygen atoms in total. The molecule has 1 aliphatic carbocycles. The third kappa shape index (κ3) is 3.95. The van der Waals surface area contributed by atoms with E-state index in [2.05, 4.69) is 20.2 Å². The summed E-state index contributed by atoms with van der Waals surface area (Å²) < 4.78 is 17.0. The van der Waals surface area contributed by atoms with Gasteiger partial charge in [-0.25, -0.2) is 4.68 Å². The molecule has 1 aromatic carbocycles. The fourth-order valence-corrected chi connectivity index (χ4v) is 5.16. The molecule has 3 N–H and O–H groups in total. The number of phenols is 1. The van der Waals surface area contributed by atoms with Crippen LogP contribution >= 0.6 is 0 Å². The number of rotatable bonds is 4. The number of nitrogen functional groups attached to an aromatic ring is 1. The van der Waals surface area contributed by atoms with E-state index in [4.69, 9.17) is 5.73 Å². The molecule has 168 valence electrons. The molecule has 2 aliphatic rings. The van der Waals surface area contributed by atoms with Crippen LogP contribution in [-0.2, 0) is 0 Å². The van der Waals surface area contributed by atoms with Crippen molar-refractivity contribution in [3.8, 4) is 28.1 Å². The second kappa shape index (κ2) is 8.86. The molecule has 0 amide bonds. The van der Waals surface area contributed by atoms with Crippen molar-refractivity contribution in [2.75, 3.05) is 18.8 Å². The minimum Gasteiger partial charge on any atom is -0.507 e. The van der Waals surface area contributed by atoms with E-state index in [1.165, 1.54) is 43.0 Å². The molecule has 1 aliphatic heterocycles. The van der Waals surface area contributed by atoms with Crippen LogP contribution in [0.3, 0.4) is 0 Å². The van der Waals surface area contributed by atoms with Crippen LogP contribution in [0, 0.1) is 5.95 Å². The maximum absolute atomic E-state index is 15.5. The lowest BCUT2D eigenvalue weighted by atomic mass is 9.92. The van der Waals surface area contributed by atoms with Gasteiger partial charge in [0.1, 0.15) is 5.75 Å². The lowest BCUT2D eigenvalue weighted by Gasteiger charge is -2.39. The maximum Gasteiger partial charge on any atom is 0.219 e. The van der Waals surface area contributed by atoms with E-state index in [1.807, 2.05) is 0 Å². The van der Waals surface area contributed by atoms with Crippen molar-refractivity contribution in [3.63, 3.8) is 0 Å². The second-order valence-corrected chi connectivity index (χ2v) is 8.90. The zero-order chi connectivity index (χ0) is 22.1. The van der Waals surface area contributed by atoms with Crippen LogP contribution in [0.4, 0.5) is 10.2 Å². The molecule has 5 rings (SSSR count). The Labute approximate surface area is 187 Å². The Balaban J connectivity index is 1.37. The Bertz CT molecular complexity index is 1090. The van der Waals surface area contributed by atoms with Gasteiger partial charge in [-0.15, -0.1) is 10.2 Å². The van der Waals surface area contributed by atoms with Crippen LogP contribution in [0.1, 0.15) is 51.0 Å². The van der Waals surface area contributed by atoms with Gasteiger partial charge < -0.3 is 15.7 Å². The van der Waals surface area contributed by atoms with E-state index in [0.29, 0.717) is 28.4 Å². The monoisotopic (exact) mass is 436 g/mol. The van der Waals surface area contributed by atoms with E-state index >= 15 is 4.39 Å². The fourth-order valence-electron chi connectivity index (χ4n) is 5.16. The molecule has 8 heteroatoms.